The number of rotatable bonds is 6. The minimum absolute atomic E-state index is 0.614. The van der Waals surface area contributed by atoms with Crippen LogP contribution in [-0.2, 0) is 0 Å². The Morgan fingerprint density at radius 3 is 2.61 bits per heavy atom. The average molecular weight is 265 g/mol. The molecular weight excluding hydrogens is 238 g/mol. The highest BCUT2D eigenvalue weighted by molar-refractivity contribution is 7.10. The maximum absolute atomic E-state index is 3.78. The Balaban J connectivity index is 1.96. The van der Waals surface area contributed by atoms with Crippen LogP contribution in [-0.4, -0.2) is 6.54 Å². The van der Waals surface area contributed by atoms with Crippen molar-refractivity contribution in [2.45, 2.75) is 58.4 Å². The van der Waals surface area contributed by atoms with Gasteiger partial charge in [0.25, 0.3) is 0 Å². The number of hydrogen-bond donors (Lipinski definition) is 1. The van der Waals surface area contributed by atoms with Crippen molar-refractivity contribution in [3.63, 3.8) is 0 Å². The van der Waals surface area contributed by atoms with Crippen molar-refractivity contribution in [1.82, 2.24) is 5.32 Å². The summed E-state index contributed by atoms with van der Waals surface area (Å²) in [5.41, 5.74) is 0. The molecule has 1 nitrogen and oxygen atoms in total. The third-order valence-corrected chi connectivity index (χ3v) is 5.36. The summed E-state index contributed by atoms with van der Waals surface area (Å²) in [7, 11) is 0. The van der Waals surface area contributed by atoms with Crippen LogP contribution in [0.25, 0.3) is 0 Å². The van der Waals surface area contributed by atoms with Crippen LogP contribution in [0.3, 0.4) is 0 Å². The largest absolute Gasteiger partial charge is 0.309 e. The van der Waals surface area contributed by atoms with Crippen LogP contribution < -0.4 is 5.32 Å². The summed E-state index contributed by atoms with van der Waals surface area (Å²) in [6.07, 6.45) is 8.31. The molecule has 0 spiro atoms. The standard InChI is InChI=1S/C16H27NS/c1-3-11-17-16(15-6-5-12-18-15)14-9-7-13(4-2)8-10-14/h5-6,12-14,16-17H,3-4,7-11H2,1-2H3. The summed E-state index contributed by atoms with van der Waals surface area (Å²) in [6, 6.07) is 5.12. The topological polar surface area (TPSA) is 12.0 Å². The highest BCUT2D eigenvalue weighted by Gasteiger charge is 2.28. The monoisotopic (exact) mass is 265 g/mol. The second-order valence-corrected chi connectivity index (χ2v) is 6.62. The van der Waals surface area contributed by atoms with Crippen LogP contribution in [0.5, 0.6) is 0 Å². The lowest BCUT2D eigenvalue weighted by Gasteiger charge is -2.33. The predicted octanol–water partition coefficient (Wildman–Crippen LogP) is 5.01. The lowest BCUT2D eigenvalue weighted by atomic mass is 9.77. The second-order valence-electron chi connectivity index (χ2n) is 5.64. The first-order valence-corrected chi connectivity index (χ1v) is 8.49. The molecule has 18 heavy (non-hydrogen) atoms. The van der Waals surface area contributed by atoms with Gasteiger partial charge < -0.3 is 5.32 Å². The molecule has 0 aromatic carbocycles. The minimum atomic E-state index is 0.614. The third kappa shape index (κ3) is 3.58. The van der Waals surface area contributed by atoms with Crippen LogP contribution in [0.2, 0.25) is 0 Å². The van der Waals surface area contributed by atoms with E-state index in [4.69, 9.17) is 0 Å². The molecule has 0 aliphatic heterocycles. The highest BCUT2D eigenvalue weighted by atomic mass is 32.1. The van der Waals surface area contributed by atoms with Crippen molar-refractivity contribution in [3.05, 3.63) is 22.4 Å². The Morgan fingerprint density at radius 2 is 2.06 bits per heavy atom. The van der Waals surface area contributed by atoms with Crippen molar-refractivity contribution in [2.75, 3.05) is 6.54 Å². The molecule has 1 fully saturated rings. The molecule has 0 saturated heterocycles. The predicted molar refractivity (Wildman–Crippen MR) is 81.1 cm³/mol. The molecule has 0 amide bonds. The smallest absolute Gasteiger partial charge is 0.0443 e. The molecule has 0 bridgehead atoms. The number of hydrogen-bond acceptors (Lipinski definition) is 2. The van der Waals surface area contributed by atoms with Gasteiger partial charge in [0.2, 0.25) is 0 Å². The SMILES string of the molecule is CCCNC(c1cccs1)C1CCC(CC)CC1. The van der Waals surface area contributed by atoms with E-state index in [9.17, 15) is 0 Å². The fraction of sp³-hybridized carbons (Fsp3) is 0.750. The molecule has 2 rings (SSSR count). The minimum Gasteiger partial charge on any atom is -0.309 e. The van der Waals surface area contributed by atoms with Gasteiger partial charge in [-0.1, -0.05) is 39.2 Å². The molecule has 1 unspecified atom stereocenters. The van der Waals surface area contributed by atoms with Gasteiger partial charge in [-0.15, -0.1) is 11.3 Å². The molecule has 1 aromatic heterocycles. The van der Waals surface area contributed by atoms with E-state index >= 15 is 0 Å². The van der Waals surface area contributed by atoms with Gasteiger partial charge in [0.15, 0.2) is 0 Å². The van der Waals surface area contributed by atoms with Crippen molar-refractivity contribution in [2.24, 2.45) is 11.8 Å². The van der Waals surface area contributed by atoms with Gasteiger partial charge in [0, 0.05) is 10.9 Å². The molecule has 1 N–H and O–H groups in total. The first-order chi connectivity index (χ1) is 8.85. The molecule has 2 heteroatoms. The van der Waals surface area contributed by atoms with Crippen LogP contribution in [0.4, 0.5) is 0 Å². The van der Waals surface area contributed by atoms with Gasteiger partial charge >= 0.3 is 0 Å². The molecule has 0 radical (unpaired) electrons. The first kappa shape index (κ1) is 14.1. The van der Waals surface area contributed by atoms with Crippen LogP contribution in [0.1, 0.15) is 63.3 Å². The zero-order chi connectivity index (χ0) is 12.8. The maximum Gasteiger partial charge on any atom is 0.0443 e. The second kappa shape index (κ2) is 7.30. The summed E-state index contributed by atoms with van der Waals surface area (Å²) in [5, 5.41) is 6.00. The Bertz CT molecular complexity index is 312. The van der Waals surface area contributed by atoms with E-state index in [1.807, 2.05) is 11.3 Å². The van der Waals surface area contributed by atoms with Gasteiger partial charge in [-0.2, -0.15) is 0 Å². The lowest BCUT2D eigenvalue weighted by Crippen LogP contribution is -2.31. The summed E-state index contributed by atoms with van der Waals surface area (Å²) in [6.45, 7) is 5.75. The molecule has 1 saturated carbocycles. The molecule has 1 aromatic rings. The fourth-order valence-corrected chi connectivity index (χ4v) is 4.09. The Kier molecular flexibility index (Phi) is 5.71. The number of thiophene rings is 1. The fourth-order valence-electron chi connectivity index (χ4n) is 3.20. The Labute approximate surface area is 116 Å². The summed E-state index contributed by atoms with van der Waals surface area (Å²) >= 11 is 1.92. The molecular formula is C16H27NS. The van der Waals surface area contributed by atoms with Gasteiger partial charge in [-0.05, 0) is 49.1 Å². The maximum atomic E-state index is 3.78. The number of nitrogens with one attached hydrogen (secondary N) is 1. The highest BCUT2D eigenvalue weighted by Crippen LogP contribution is 2.39. The average Bonchev–Trinajstić information content (AvgIpc) is 2.94. The summed E-state index contributed by atoms with van der Waals surface area (Å²) in [5.74, 6) is 1.86. The lowest BCUT2D eigenvalue weighted by molar-refractivity contribution is 0.220. The molecule has 1 heterocycles. The van der Waals surface area contributed by atoms with E-state index in [1.54, 1.807) is 4.88 Å². The van der Waals surface area contributed by atoms with Gasteiger partial charge in [0.1, 0.15) is 0 Å². The normalized spacial score (nSPS) is 26.1. The Hall–Kier alpha value is -0.340. The van der Waals surface area contributed by atoms with Crippen LogP contribution in [0.15, 0.2) is 17.5 Å². The third-order valence-electron chi connectivity index (χ3n) is 4.40. The van der Waals surface area contributed by atoms with E-state index in [1.165, 1.54) is 38.5 Å². The molecule has 1 aliphatic rings. The van der Waals surface area contributed by atoms with Gasteiger partial charge in [-0.25, -0.2) is 0 Å². The Morgan fingerprint density at radius 1 is 1.28 bits per heavy atom. The zero-order valence-corrected chi connectivity index (χ0v) is 12.6. The van der Waals surface area contributed by atoms with Crippen molar-refractivity contribution < 1.29 is 0 Å². The van der Waals surface area contributed by atoms with Crippen molar-refractivity contribution in [1.29, 1.82) is 0 Å². The summed E-state index contributed by atoms with van der Waals surface area (Å²) in [4.78, 5) is 1.54. The van der Waals surface area contributed by atoms with Crippen molar-refractivity contribution in [3.8, 4) is 0 Å². The van der Waals surface area contributed by atoms with Crippen molar-refractivity contribution >= 4 is 11.3 Å². The van der Waals surface area contributed by atoms with E-state index in [-0.39, 0.29) is 0 Å². The van der Waals surface area contributed by atoms with Gasteiger partial charge in [-0.3, -0.25) is 0 Å². The van der Waals surface area contributed by atoms with E-state index in [0.29, 0.717) is 6.04 Å². The first-order valence-electron chi connectivity index (χ1n) is 7.61. The quantitative estimate of drug-likeness (QED) is 0.762. The van der Waals surface area contributed by atoms with E-state index < -0.39 is 0 Å². The molecule has 1 atom stereocenters. The molecule has 1 aliphatic carbocycles. The van der Waals surface area contributed by atoms with Crippen LogP contribution >= 0.6 is 11.3 Å². The van der Waals surface area contributed by atoms with E-state index in [2.05, 4.69) is 36.7 Å². The van der Waals surface area contributed by atoms with Gasteiger partial charge in [0.05, 0.1) is 0 Å². The zero-order valence-electron chi connectivity index (χ0n) is 11.8. The molecule has 102 valence electrons. The van der Waals surface area contributed by atoms with E-state index in [0.717, 1.165) is 18.4 Å². The van der Waals surface area contributed by atoms with Crippen LogP contribution in [0, 0.1) is 11.8 Å². The summed E-state index contributed by atoms with van der Waals surface area (Å²) < 4.78 is 0.